The van der Waals surface area contributed by atoms with Crippen molar-refractivity contribution in [3.05, 3.63) is 0 Å². The molecular weight excluding hydrogens is 156 g/mol. The lowest BCUT2D eigenvalue weighted by Crippen LogP contribution is -2.38. The minimum Gasteiger partial charge on any atom is -0.387 e. The minimum atomic E-state index is -0.732. The molecule has 1 aliphatic carbocycles. The van der Waals surface area contributed by atoms with Gasteiger partial charge in [-0.3, -0.25) is 4.79 Å². The fraction of sp³-hybridized carbons (Fsp3) is 0.889. The van der Waals surface area contributed by atoms with Crippen LogP contribution in [0, 0.1) is 0 Å². The molecule has 70 valence electrons. The summed E-state index contributed by atoms with van der Waals surface area (Å²) in [5.74, 6) is 0.260. The molecule has 0 aliphatic heterocycles. The standard InChI is InChI=1S/C9H16O3/c1-2-12-7-9(11)5-3-8(10)4-6-9/h11H,2-7H2,1H3. The summed E-state index contributed by atoms with van der Waals surface area (Å²) in [6.07, 6.45) is 2.13. The third-order valence-corrected chi connectivity index (χ3v) is 2.31. The fourth-order valence-electron chi connectivity index (χ4n) is 1.43. The van der Waals surface area contributed by atoms with E-state index >= 15 is 0 Å². The van der Waals surface area contributed by atoms with Gasteiger partial charge < -0.3 is 9.84 Å². The number of Topliss-reactive ketones (excluding diaryl/α,β-unsaturated/α-hetero) is 1. The Labute approximate surface area is 72.7 Å². The number of carbonyl (C=O) groups is 1. The highest BCUT2D eigenvalue weighted by Gasteiger charge is 2.32. The highest BCUT2D eigenvalue weighted by molar-refractivity contribution is 5.79. The summed E-state index contributed by atoms with van der Waals surface area (Å²) in [7, 11) is 0. The Kier molecular flexibility index (Phi) is 3.23. The van der Waals surface area contributed by atoms with Crippen LogP contribution in [0.25, 0.3) is 0 Å². The fourth-order valence-corrected chi connectivity index (χ4v) is 1.43. The topological polar surface area (TPSA) is 46.5 Å². The number of hydrogen-bond donors (Lipinski definition) is 1. The summed E-state index contributed by atoms with van der Waals surface area (Å²) in [4.78, 5) is 10.9. The van der Waals surface area contributed by atoms with E-state index in [4.69, 9.17) is 4.74 Å². The number of ketones is 1. The first kappa shape index (κ1) is 9.68. The second kappa shape index (κ2) is 4.01. The summed E-state index contributed by atoms with van der Waals surface area (Å²) < 4.78 is 5.15. The quantitative estimate of drug-likeness (QED) is 0.688. The van der Waals surface area contributed by atoms with E-state index in [0.717, 1.165) is 0 Å². The molecule has 3 nitrogen and oxygen atoms in total. The van der Waals surface area contributed by atoms with Gasteiger partial charge in [0.25, 0.3) is 0 Å². The first-order valence-electron chi connectivity index (χ1n) is 4.48. The molecule has 0 saturated heterocycles. The molecule has 1 N–H and O–H groups in total. The van der Waals surface area contributed by atoms with Crippen LogP contribution in [0.15, 0.2) is 0 Å². The van der Waals surface area contributed by atoms with E-state index in [9.17, 15) is 9.90 Å². The molecule has 0 bridgehead atoms. The monoisotopic (exact) mass is 172 g/mol. The molecule has 0 aromatic carbocycles. The second-order valence-corrected chi connectivity index (χ2v) is 3.40. The largest absolute Gasteiger partial charge is 0.387 e. The summed E-state index contributed by atoms with van der Waals surface area (Å²) in [6.45, 7) is 2.89. The van der Waals surface area contributed by atoms with Crippen molar-refractivity contribution in [3.63, 3.8) is 0 Å². The Morgan fingerprint density at radius 3 is 2.58 bits per heavy atom. The van der Waals surface area contributed by atoms with Crippen molar-refractivity contribution in [2.45, 2.75) is 38.2 Å². The van der Waals surface area contributed by atoms with Crippen LogP contribution in [0.2, 0.25) is 0 Å². The van der Waals surface area contributed by atoms with Gasteiger partial charge in [-0.25, -0.2) is 0 Å². The molecule has 0 spiro atoms. The first-order chi connectivity index (χ1) is 5.66. The maximum atomic E-state index is 10.9. The number of rotatable bonds is 3. The third kappa shape index (κ3) is 2.57. The number of carbonyl (C=O) groups excluding carboxylic acids is 1. The van der Waals surface area contributed by atoms with Crippen molar-refractivity contribution in [3.8, 4) is 0 Å². The Bertz CT molecular complexity index is 155. The predicted octanol–water partition coefficient (Wildman–Crippen LogP) is 0.897. The molecule has 0 atom stereocenters. The van der Waals surface area contributed by atoms with Gasteiger partial charge in [-0.15, -0.1) is 0 Å². The lowest BCUT2D eigenvalue weighted by Gasteiger charge is -2.30. The average molecular weight is 172 g/mol. The molecule has 0 amide bonds. The maximum absolute atomic E-state index is 10.9. The van der Waals surface area contributed by atoms with Gasteiger partial charge in [0.2, 0.25) is 0 Å². The van der Waals surface area contributed by atoms with Gasteiger partial charge in [0.15, 0.2) is 0 Å². The Morgan fingerprint density at radius 2 is 2.08 bits per heavy atom. The van der Waals surface area contributed by atoms with Crippen LogP contribution >= 0.6 is 0 Å². The molecule has 1 rings (SSSR count). The molecule has 1 aliphatic rings. The number of ether oxygens (including phenoxy) is 1. The zero-order chi connectivity index (χ0) is 9.03. The minimum absolute atomic E-state index is 0.260. The van der Waals surface area contributed by atoms with Crippen molar-refractivity contribution in [1.82, 2.24) is 0 Å². The van der Waals surface area contributed by atoms with Gasteiger partial charge in [-0.05, 0) is 19.8 Å². The lowest BCUT2D eigenvalue weighted by atomic mass is 9.85. The average Bonchev–Trinajstić information content (AvgIpc) is 2.08. The zero-order valence-corrected chi connectivity index (χ0v) is 7.51. The van der Waals surface area contributed by atoms with Crippen LogP contribution in [0.3, 0.4) is 0 Å². The van der Waals surface area contributed by atoms with Gasteiger partial charge in [-0.2, -0.15) is 0 Å². The lowest BCUT2D eigenvalue weighted by molar-refractivity contribution is -0.128. The second-order valence-electron chi connectivity index (χ2n) is 3.40. The summed E-state index contributed by atoms with van der Waals surface area (Å²) in [5, 5.41) is 9.84. The van der Waals surface area contributed by atoms with Gasteiger partial charge in [-0.1, -0.05) is 0 Å². The third-order valence-electron chi connectivity index (χ3n) is 2.31. The molecule has 12 heavy (non-hydrogen) atoms. The predicted molar refractivity (Wildman–Crippen MR) is 44.9 cm³/mol. The normalized spacial score (nSPS) is 22.7. The molecular formula is C9H16O3. The molecule has 0 aromatic rings. The van der Waals surface area contributed by atoms with Crippen molar-refractivity contribution in [2.75, 3.05) is 13.2 Å². The molecule has 1 fully saturated rings. The van der Waals surface area contributed by atoms with Crippen LogP contribution in [-0.4, -0.2) is 29.7 Å². The van der Waals surface area contributed by atoms with E-state index in [-0.39, 0.29) is 5.78 Å². The molecule has 0 aromatic heterocycles. The number of hydrogen-bond acceptors (Lipinski definition) is 3. The first-order valence-corrected chi connectivity index (χ1v) is 4.48. The molecule has 3 heteroatoms. The van der Waals surface area contributed by atoms with Gasteiger partial charge in [0.05, 0.1) is 12.2 Å². The summed E-state index contributed by atoms with van der Waals surface area (Å²) >= 11 is 0. The van der Waals surface area contributed by atoms with Crippen molar-refractivity contribution in [1.29, 1.82) is 0 Å². The van der Waals surface area contributed by atoms with Crippen LogP contribution in [0.1, 0.15) is 32.6 Å². The highest BCUT2D eigenvalue weighted by Crippen LogP contribution is 2.26. The van der Waals surface area contributed by atoms with Crippen LogP contribution < -0.4 is 0 Å². The molecule has 0 radical (unpaired) electrons. The summed E-state index contributed by atoms with van der Waals surface area (Å²) in [5.41, 5.74) is -0.732. The Balaban J connectivity index is 2.34. The number of aliphatic hydroxyl groups is 1. The van der Waals surface area contributed by atoms with Crippen LogP contribution in [0.5, 0.6) is 0 Å². The molecule has 0 unspecified atom stereocenters. The van der Waals surface area contributed by atoms with Crippen LogP contribution in [-0.2, 0) is 9.53 Å². The van der Waals surface area contributed by atoms with E-state index in [1.54, 1.807) is 0 Å². The van der Waals surface area contributed by atoms with Gasteiger partial charge in [0, 0.05) is 19.4 Å². The summed E-state index contributed by atoms with van der Waals surface area (Å²) in [6, 6.07) is 0. The van der Waals surface area contributed by atoms with Gasteiger partial charge in [0.1, 0.15) is 5.78 Å². The van der Waals surface area contributed by atoms with E-state index in [1.165, 1.54) is 0 Å². The Hall–Kier alpha value is -0.410. The van der Waals surface area contributed by atoms with Crippen molar-refractivity contribution < 1.29 is 14.6 Å². The maximum Gasteiger partial charge on any atom is 0.133 e. The highest BCUT2D eigenvalue weighted by atomic mass is 16.5. The van der Waals surface area contributed by atoms with Gasteiger partial charge >= 0.3 is 0 Å². The Morgan fingerprint density at radius 1 is 1.50 bits per heavy atom. The van der Waals surface area contributed by atoms with Crippen LogP contribution in [0.4, 0.5) is 0 Å². The molecule has 0 heterocycles. The van der Waals surface area contributed by atoms with Crippen molar-refractivity contribution >= 4 is 5.78 Å². The van der Waals surface area contributed by atoms with Crippen molar-refractivity contribution in [2.24, 2.45) is 0 Å². The SMILES string of the molecule is CCOCC1(O)CCC(=O)CC1. The molecule has 1 saturated carbocycles. The van der Waals surface area contributed by atoms with E-state index in [0.29, 0.717) is 38.9 Å². The van der Waals surface area contributed by atoms with E-state index in [1.807, 2.05) is 6.92 Å². The smallest absolute Gasteiger partial charge is 0.133 e. The van der Waals surface area contributed by atoms with E-state index < -0.39 is 5.60 Å². The van der Waals surface area contributed by atoms with E-state index in [2.05, 4.69) is 0 Å². The zero-order valence-electron chi connectivity index (χ0n) is 7.51.